The van der Waals surface area contributed by atoms with E-state index in [4.69, 9.17) is 16.3 Å². The Kier molecular flexibility index (Phi) is 5.23. The lowest BCUT2D eigenvalue weighted by molar-refractivity contribution is 0.192. The molecule has 1 aromatic heterocycles. The average molecular weight is 281 g/mol. The molecule has 2 rings (SSSR count). The van der Waals surface area contributed by atoms with E-state index >= 15 is 0 Å². The highest BCUT2D eigenvalue weighted by Crippen LogP contribution is 2.26. The van der Waals surface area contributed by atoms with E-state index in [0.717, 1.165) is 31.6 Å². The van der Waals surface area contributed by atoms with Crippen LogP contribution in [0.3, 0.4) is 0 Å². The molecule has 1 aliphatic carbocycles. The van der Waals surface area contributed by atoms with Crippen LogP contribution in [0.15, 0.2) is 24.4 Å². The summed E-state index contributed by atoms with van der Waals surface area (Å²) in [6, 6.07) is 1.92. The fourth-order valence-electron chi connectivity index (χ4n) is 2.29. The van der Waals surface area contributed by atoms with Crippen LogP contribution in [0.2, 0.25) is 5.02 Å². The van der Waals surface area contributed by atoms with Crippen LogP contribution in [-0.2, 0) is 6.54 Å². The van der Waals surface area contributed by atoms with Crippen molar-refractivity contribution in [2.75, 3.05) is 13.7 Å². The molecule has 1 aromatic rings. The molecule has 19 heavy (non-hydrogen) atoms. The largest absolute Gasteiger partial charge is 0.477 e. The lowest BCUT2D eigenvalue weighted by Crippen LogP contribution is -2.21. The van der Waals surface area contributed by atoms with Crippen LogP contribution >= 0.6 is 11.6 Å². The molecule has 1 aliphatic rings. The summed E-state index contributed by atoms with van der Waals surface area (Å²) in [5.41, 5.74) is 1.02. The Bertz CT molecular complexity index is 448. The Hall–Kier alpha value is -1.06. The summed E-state index contributed by atoms with van der Waals surface area (Å²) < 4.78 is 5.83. The molecule has 0 fully saturated rings. The molecular weight excluding hydrogens is 260 g/mol. The molecule has 4 heteroatoms. The summed E-state index contributed by atoms with van der Waals surface area (Å²) in [4.78, 5) is 4.23. The van der Waals surface area contributed by atoms with Gasteiger partial charge in [-0.05, 0) is 37.3 Å². The van der Waals surface area contributed by atoms with Gasteiger partial charge in [0.25, 0.3) is 0 Å². The third kappa shape index (κ3) is 3.95. The first-order valence-electron chi connectivity index (χ1n) is 6.77. The maximum absolute atomic E-state index is 6.08. The number of aromatic nitrogens is 1. The van der Waals surface area contributed by atoms with Crippen molar-refractivity contribution >= 4 is 11.6 Å². The first-order valence-corrected chi connectivity index (χ1v) is 7.15. The van der Waals surface area contributed by atoms with E-state index in [0.29, 0.717) is 22.7 Å². The molecular formula is C15H21ClN2O. The maximum atomic E-state index is 6.08. The first-order chi connectivity index (χ1) is 9.20. The summed E-state index contributed by atoms with van der Waals surface area (Å²) >= 11 is 6.08. The van der Waals surface area contributed by atoms with E-state index < -0.39 is 0 Å². The molecule has 104 valence electrons. The summed E-state index contributed by atoms with van der Waals surface area (Å²) in [6.07, 6.45) is 8.40. The summed E-state index contributed by atoms with van der Waals surface area (Å²) in [6.45, 7) is 3.72. The zero-order valence-corrected chi connectivity index (χ0v) is 12.3. The topological polar surface area (TPSA) is 34.1 Å². The lowest BCUT2D eigenvalue weighted by atomic mass is 9.85. The molecule has 0 aromatic carbocycles. The van der Waals surface area contributed by atoms with E-state index in [1.165, 1.54) is 0 Å². The third-order valence-corrected chi connectivity index (χ3v) is 3.98. The molecule has 0 amide bonds. The van der Waals surface area contributed by atoms with Gasteiger partial charge >= 0.3 is 0 Å². The molecule has 0 bridgehead atoms. The molecule has 2 atom stereocenters. The smallest absolute Gasteiger partial charge is 0.213 e. The normalized spacial score (nSPS) is 22.5. The number of nitrogens with one attached hydrogen (secondary N) is 1. The second kappa shape index (κ2) is 6.92. The maximum Gasteiger partial charge on any atom is 0.213 e. The Morgan fingerprint density at radius 1 is 1.42 bits per heavy atom. The van der Waals surface area contributed by atoms with Gasteiger partial charge in [-0.2, -0.15) is 0 Å². The van der Waals surface area contributed by atoms with Crippen molar-refractivity contribution in [2.24, 2.45) is 11.8 Å². The van der Waals surface area contributed by atoms with Crippen LogP contribution in [0.4, 0.5) is 0 Å². The molecule has 0 aliphatic heterocycles. The van der Waals surface area contributed by atoms with E-state index in [1.807, 2.05) is 13.1 Å². The quantitative estimate of drug-likeness (QED) is 0.839. The summed E-state index contributed by atoms with van der Waals surface area (Å²) in [7, 11) is 1.90. The molecule has 2 unspecified atom stereocenters. The number of allylic oxidation sites excluding steroid dienone is 2. The standard InChI is InChI=1S/C15H21ClN2O/c1-11-5-3-4-6-12(11)10-19-15-7-13(8-17-2)14(16)9-18-15/h3-4,7,9,11-12,17H,5-6,8,10H2,1-2H3. The minimum atomic E-state index is 0.579. The Morgan fingerprint density at radius 3 is 2.95 bits per heavy atom. The van der Waals surface area contributed by atoms with E-state index in [1.54, 1.807) is 6.20 Å². The molecule has 0 radical (unpaired) electrons. The number of nitrogens with zero attached hydrogens (tertiary/aromatic N) is 1. The van der Waals surface area contributed by atoms with Crippen molar-refractivity contribution in [1.29, 1.82) is 0 Å². The molecule has 1 N–H and O–H groups in total. The second-order valence-electron chi connectivity index (χ2n) is 5.14. The van der Waals surface area contributed by atoms with Crippen LogP contribution in [-0.4, -0.2) is 18.6 Å². The fraction of sp³-hybridized carbons (Fsp3) is 0.533. The predicted octanol–water partition coefficient (Wildman–Crippen LogP) is 3.44. The van der Waals surface area contributed by atoms with Crippen LogP contribution in [0.5, 0.6) is 5.88 Å². The summed E-state index contributed by atoms with van der Waals surface area (Å²) in [5, 5.41) is 3.76. The van der Waals surface area contributed by atoms with Crippen LogP contribution in [0, 0.1) is 11.8 Å². The Labute approximate surface area is 120 Å². The lowest BCUT2D eigenvalue weighted by Gasteiger charge is -2.24. The van der Waals surface area contributed by atoms with E-state index in [-0.39, 0.29) is 0 Å². The van der Waals surface area contributed by atoms with Crippen molar-refractivity contribution < 1.29 is 4.74 Å². The number of pyridine rings is 1. The van der Waals surface area contributed by atoms with Gasteiger partial charge in [0.2, 0.25) is 5.88 Å². The summed E-state index contributed by atoms with van der Waals surface area (Å²) in [5.74, 6) is 1.92. The average Bonchev–Trinajstić information content (AvgIpc) is 2.41. The number of hydrogen-bond acceptors (Lipinski definition) is 3. The van der Waals surface area contributed by atoms with Gasteiger partial charge < -0.3 is 10.1 Å². The minimum Gasteiger partial charge on any atom is -0.477 e. The highest BCUT2D eigenvalue weighted by atomic mass is 35.5. The van der Waals surface area contributed by atoms with Crippen molar-refractivity contribution in [3.8, 4) is 5.88 Å². The molecule has 0 spiro atoms. The van der Waals surface area contributed by atoms with Crippen LogP contribution in [0.1, 0.15) is 25.3 Å². The van der Waals surface area contributed by atoms with Gasteiger partial charge in [-0.25, -0.2) is 4.98 Å². The minimum absolute atomic E-state index is 0.579. The zero-order chi connectivity index (χ0) is 13.7. The van der Waals surface area contributed by atoms with Crippen LogP contribution < -0.4 is 10.1 Å². The highest BCUT2D eigenvalue weighted by Gasteiger charge is 2.19. The first kappa shape index (κ1) is 14.4. The molecule has 0 saturated carbocycles. The Morgan fingerprint density at radius 2 is 2.21 bits per heavy atom. The fourth-order valence-corrected chi connectivity index (χ4v) is 2.46. The van der Waals surface area contributed by atoms with Crippen molar-refractivity contribution in [2.45, 2.75) is 26.3 Å². The van der Waals surface area contributed by atoms with Crippen molar-refractivity contribution in [3.63, 3.8) is 0 Å². The van der Waals surface area contributed by atoms with Gasteiger partial charge in [0.05, 0.1) is 11.6 Å². The monoisotopic (exact) mass is 280 g/mol. The van der Waals surface area contributed by atoms with Gasteiger partial charge in [-0.15, -0.1) is 0 Å². The molecule has 3 nitrogen and oxygen atoms in total. The van der Waals surface area contributed by atoms with Crippen LogP contribution in [0.25, 0.3) is 0 Å². The SMILES string of the molecule is CNCc1cc(OCC2CC=CCC2C)ncc1Cl. The van der Waals surface area contributed by atoms with Gasteiger partial charge in [-0.3, -0.25) is 0 Å². The van der Waals surface area contributed by atoms with Gasteiger partial charge in [0, 0.05) is 18.8 Å². The van der Waals surface area contributed by atoms with Crippen molar-refractivity contribution in [1.82, 2.24) is 10.3 Å². The number of halogens is 1. The number of hydrogen-bond donors (Lipinski definition) is 1. The van der Waals surface area contributed by atoms with Gasteiger partial charge in [0.15, 0.2) is 0 Å². The van der Waals surface area contributed by atoms with Crippen molar-refractivity contribution in [3.05, 3.63) is 35.0 Å². The molecule has 1 heterocycles. The second-order valence-corrected chi connectivity index (χ2v) is 5.54. The predicted molar refractivity (Wildman–Crippen MR) is 78.5 cm³/mol. The number of rotatable bonds is 5. The highest BCUT2D eigenvalue weighted by molar-refractivity contribution is 6.31. The van der Waals surface area contributed by atoms with E-state index in [9.17, 15) is 0 Å². The van der Waals surface area contributed by atoms with Gasteiger partial charge in [0.1, 0.15) is 0 Å². The third-order valence-electron chi connectivity index (χ3n) is 3.64. The number of ether oxygens (including phenoxy) is 1. The van der Waals surface area contributed by atoms with E-state index in [2.05, 4.69) is 29.4 Å². The molecule has 0 saturated heterocycles. The van der Waals surface area contributed by atoms with Gasteiger partial charge in [-0.1, -0.05) is 30.7 Å². The zero-order valence-electron chi connectivity index (χ0n) is 11.5. The Balaban J connectivity index is 1.95.